The van der Waals surface area contributed by atoms with E-state index in [-0.39, 0.29) is 27.8 Å². The standard InChI is InChI=1S/C14H12O7/c1-20-13(18)7-5-6-8(15)3-4-9(16)10(6)11(12(7)17)14(19)21-2/h3-5,15-17H,1-2H3. The average Bonchev–Trinajstić information content (AvgIpc) is 2.49. The number of phenols is 3. The van der Waals surface area contributed by atoms with Crippen LogP contribution in [-0.4, -0.2) is 41.5 Å². The quantitative estimate of drug-likeness (QED) is 0.568. The molecule has 0 radical (unpaired) electrons. The van der Waals surface area contributed by atoms with E-state index in [0.717, 1.165) is 26.4 Å². The van der Waals surface area contributed by atoms with Gasteiger partial charge in [-0.3, -0.25) is 0 Å². The largest absolute Gasteiger partial charge is 0.507 e. The molecular weight excluding hydrogens is 280 g/mol. The van der Waals surface area contributed by atoms with E-state index < -0.39 is 23.3 Å². The third-order valence-electron chi connectivity index (χ3n) is 3.03. The van der Waals surface area contributed by atoms with E-state index in [1.807, 2.05) is 0 Å². The van der Waals surface area contributed by atoms with Crippen molar-refractivity contribution in [2.45, 2.75) is 0 Å². The Morgan fingerprint density at radius 1 is 0.952 bits per heavy atom. The second kappa shape index (κ2) is 5.20. The monoisotopic (exact) mass is 292 g/mol. The molecule has 0 bridgehead atoms. The lowest BCUT2D eigenvalue weighted by Gasteiger charge is -2.13. The first-order valence-corrected chi connectivity index (χ1v) is 5.79. The number of fused-ring (bicyclic) bond motifs is 1. The number of hydrogen-bond acceptors (Lipinski definition) is 7. The molecule has 0 saturated carbocycles. The van der Waals surface area contributed by atoms with Crippen molar-refractivity contribution in [3.05, 3.63) is 29.3 Å². The molecule has 110 valence electrons. The molecule has 0 aromatic heterocycles. The summed E-state index contributed by atoms with van der Waals surface area (Å²) in [4.78, 5) is 23.5. The topological polar surface area (TPSA) is 113 Å². The average molecular weight is 292 g/mol. The third kappa shape index (κ3) is 2.18. The summed E-state index contributed by atoms with van der Waals surface area (Å²) >= 11 is 0. The van der Waals surface area contributed by atoms with Gasteiger partial charge in [-0.1, -0.05) is 0 Å². The third-order valence-corrected chi connectivity index (χ3v) is 3.03. The SMILES string of the molecule is COC(=O)c1cc2c(O)ccc(O)c2c(C(=O)OC)c1O. The highest BCUT2D eigenvalue weighted by atomic mass is 16.5. The zero-order valence-electron chi connectivity index (χ0n) is 11.2. The predicted octanol–water partition coefficient (Wildman–Crippen LogP) is 1.53. The molecule has 2 aromatic carbocycles. The van der Waals surface area contributed by atoms with Gasteiger partial charge in [-0.05, 0) is 18.2 Å². The minimum atomic E-state index is -0.968. The summed E-state index contributed by atoms with van der Waals surface area (Å²) in [6.45, 7) is 0. The van der Waals surface area contributed by atoms with Crippen LogP contribution in [0.15, 0.2) is 18.2 Å². The maximum atomic E-state index is 11.8. The van der Waals surface area contributed by atoms with Crippen LogP contribution in [0.3, 0.4) is 0 Å². The molecule has 21 heavy (non-hydrogen) atoms. The highest BCUT2D eigenvalue weighted by Crippen LogP contribution is 2.40. The van der Waals surface area contributed by atoms with Crippen molar-refractivity contribution in [2.24, 2.45) is 0 Å². The number of methoxy groups -OCH3 is 2. The van der Waals surface area contributed by atoms with E-state index >= 15 is 0 Å². The van der Waals surface area contributed by atoms with Crippen molar-refractivity contribution in [2.75, 3.05) is 14.2 Å². The number of rotatable bonds is 2. The van der Waals surface area contributed by atoms with Crippen LogP contribution >= 0.6 is 0 Å². The molecule has 7 nitrogen and oxygen atoms in total. The van der Waals surface area contributed by atoms with Gasteiger partial charge < -0.3 is 24.8 Å². The molecule has 2 aromatic rings. The highest BCUT2D eigenvalue weighted by molar-refractivity contribution is 6.14. The van der Waals surface area contributed by atoms with Gasteiger partial charge in [-0.2, -0.15) is 0 Å². The Bertz CT molecular complexity index is 749. The van der Waals surface area contributed by atoms with Crippen molar-refractivity contribution in [1.82, 2.24) is 0 Å². The van der Waals surface area contributed by atoms with Crippen molar-refractivity contribution in [1.29, 1.82) is 0 Å². The number of aromatic hydroxyl groups is 3. The van der Waals surface area contributed by atoms with E-state index in [9.17, 15) is 24.9 Å². The van der Waals surface area contributed by atoms with E-state index in [1.54, 1.807) is 0 Å². The van der Waals surface area contributed by atoms with Crippen LogP contribution in [0.5, 0.6) is 17.2 Å². The van der Waals surface area contributed by atoms with Crippen LogP contribution in [-0.2, 0) is 9.47 Å². The van der Waals surface area contributed by atoms with Gasteiger partial charge in [0.25, 0.3) is 0 Å². The Morgan fingerprint density at radius 2 is 1.52 bits per heavy atom. The van der Waals surface area contributed by atoms with Crippen molar-refractivity contribution in [3.63, 3.8) is 0 Å². The van der Waals surface area contributed by atoms with Crippen LogP contribution in [0, 0.1) is 0 Å². The van der Waals surface area contributed by atoms with Gasteiger partial charge in [0.05, 0.1) is 14.2 Å². The Morgan fingerprint density at radius 3 is 2.10 bits per heavy atom. The Labute approximate surface area is 119 Å². The molecular formula is C14H12O7. The normalized spacial score (nSPS) is 10.4. The van der Waals surface area contributed by atoms with E-state index in [4.69, 9.17) is 0 Å². The number of benzene rings is 2. The molecule has 0 aliphatic carbocycles. The Hall–Kier alpha value is -2.96. The van der Waals surface area contributed by atoms with E-state index in [1.165, 1.54) is 6.07 Å². The first-order valence-electron chi connectivity index (χ1n) is 5.79. The maximum Gasteiger partial charge on any atom is 0.342 e. The summed E-state index contributed by atoms with van der Waals surface area (Å²) in [6, 6.07) is 3.47. The molecule has 0 amide bonds. The molecule has 0 spiro atoms. The maximum absolute atomic E-state index is 11.8. The molecule has 0 atom stereocenters. The van der Waals surface area contributed by atoms with E-state index in [0.29, 0.717) is 0 Å². The van der Waals surface area contributed by atoms with Crippen LogP contribution in [0.4, 0.5) is 0 Å². The lowest BCUT2D eigenvalue weighted by molar-refractivity contribution is 0.0594. The molecule has 0 saturated heterocycles. The van der Waals surface area contributed by atoms with Crippen LogP contribution < -0.4 is 0 Å². The van der Waals surface area contributed by atoms with Gasteiger partial charge in [-0.25, -0.2) is 9.59 Å². The Balaban J connectivity index is 3.00. The molecule has 0 unspecified atom stereocenters. The van der Waals surface area contributed by atoms with Crippen LogP contribution in [0.25, 0.3) is 10.8 Å². The van der Waals surface area contributed by atoms with Crippen LogP contribution in [0.1, 0.15) is 20.7 Å². The molecule has 0 aliphatic rings. The fourth-order valence-corrected chi connectivity index (χ4v) is 2.04. The number of carbonyl (C=O) groups is 2. The molecule has 2 rings (SSSR count). The van der Waals surface area contributed by atoms with Crippen LogP contribution in [0.2, 0.25) is 0 Å². The number of phenolic OH excluding ortho intramolecular Hbond substituents is 3. The second-order valence-electron chi connectivity index (χ2n) is 4.16. The minimum Gasteiger partial charge on any atom is -0.507 e. The Kier molecular flexibility index (Phi) is 3.58. The highest BCUT2D eigenvalue weighted by Gasteiger charge is 2.26. The van der Waals surface area contributed by atoms with Gasteiger partial charge in [0, 0.05) is 10.8 Å². The van der Waals surface area contributed by atoms with Gasteiger partial charge in [0.1, 0.15) is 28.4 Å². The summed E-state index contributed by atoms with van der Waals surface area (Å²) in [5.74, 6) is -3.19. The van der Waals surface area contributed by atoms with Gasteiger partial charge in [-0.15, -0.1) is 0 Å². The first kappa shape index (κ1) is 14.4. The molecule has 0 fully saturated rings. The molecule has 3 N–H and O–H groups in total. The fourth-order valence-electron chi connectivity index (χ4n) is 2.04. The number of esters is 2. The zero-order chi connectivity index (χ0) is 15.7. The smallest absolute Gasteiger partial charge is 0.342 e. The summed E-state index contributed by atoms with van der Waals surface area (Å²) in [5, 5.41) is 29.7. The fraction of sp³-hybridized carbons (Fsp3) is 0.143. The lowest BCUT2D eigenvalue weighted by Crippen LogP contribution is -2.08. The first-order chi connectivity index (χ1) is 9.92. The summed E-state index contributed by atoms with van der Waals surface area (Å²) in [7, 11) is 2.18. The number of ether oxygens (including phenoxy) is 2. The second-order valence-corrected chi connectivity index (χ2v) is 4.16. The molecule has 0 heterocycles. The molecule has 0 aliphatic heterocycles. The van der Waals surface area contributed by atoms with Crippen molar-refractivity contribution in [3.8, 4) is 17.2 Å². The predicted molar refractivity (Wildman–Crippen MR) is 71.6 cm³/mol. The summed E-state index contributed by atoms with van der Waals surface area (Å²) in [5.41, 5.74) is -0.755. The number of carbonyl (C=O) groups excluding carboxylic acids is 2. The zero-order valence-corrected chi connectivity index (χ0v) is 11.2. The summed E-state index contributed by atoms with van der Waals surface area (Å²) < 4.78 is 9.05. The minimum absolute atomic E-state index is 0.00796. The number of hydrogen-bond donors (Lipinski definition) is 3. The van der Waals surface area contributed by atoms with Gasteiger partial charge in [0.2, 0.25) is 0 Å². The van der Waals surface area contributed by atoms with Crippen molar-refractivity contribution < 1.29 is 34.4 Å². The summed E-state index contributed by atoms with van der Waals surface area (Å²) in [6.07, 6.45) is 0. The van der Waals surface area contributed by atoms with Crippen molar-refractivity contribution >= 4 is 22.7 Å². The lowest BCUT2D eigenvalue weighted by atomic mass is 9.97. The van der Waals surface area contributed by atoms with E-state index in [2.05, 4.69) is 9.47 Å². The molecule has 7 heteroatoms. The van der Waals surface area contributed by atoms with Gasteiger partial charge >= 0.3 is 11.9 Å². The van der Waals surface area contributed by atoms with Gasteiger partial charge in [0.15, 0.2) is 0 Å².